The van der Waals surface area contributed by atoms with Gasteiger partial charge in [-0.05, 0) is 43.2 Å². The molecule has 1 aliphatic carbocycles. The third kappa shape index (κ3) is 4.00. The predicted octanol–water partition coefficient (Wildman–Crippen LogP) is 5.38. The van der Waals surface area contributed by atoms with Gasteiger partial charge in [0.1, 0.15) is 17.0 Å². The molecule has 5 aromatic rings. The van der Waals surface area contributed by atoms with Crippen LogP contribution in [-0.2, 0) is 0 Å². The topological polar surface area (TPSA) is 151 Å². The van der Waals surface area contributed by atoms with E-state index in [2.05, 4.69) is 10.3 Å². The molecule has 0 unspecified atom stereocenters. The first kappa shape index (κ1) is 23.5. The largest absolute Gasteiger partial charge is 0.504 e. The van der Waals surface area contributed by atoms with Crippen LogP contribution in [-0.4, -0.2) is 35.6 Å². The molecule has 3 heterocycles. The molecule has 1 aliphatic rings. The molecule has 6 rings (SSSR count). The van der Waals surface area contributed by atoms with Gasteiger partial charge in [-0.25, -0.2) is 4.98 Å². The minimum absolute atomic E-state index is 0.0139. The summed E-state index contributed by atoms with van der Waals surface area (Å²) in [6.45, 7) is 1.56. The minimum atomic E-state index is -0.658. The number of benzene rings is 2. The van der Waals surface area contributed by atoms with E-state index in [1.54, 1.807) is 31.3 Å². The van der Waals surface area contributed by atoms with Crippen LogP contribution in [0.2, 0.25) is 0 Å². The van der Waals surface area contributed by atoms with E-state index >= 15 is 0 Å². The van der Waals surface area contributed by atoms with Gasteiger partial charge in [0, 0.05) is 47.9 Å². The Hall–Kier alpha value is -4.86. The normalized spacial score (nSPS) is 13.9. The predicted molar refractivity (Wildman–Crippen MR) is 141 cm³/mol. The van der Waals surface area contributed by atoms with Crippen molar-refractivity contribution < 1.29 is 24.5 Å². The van der Waals surface area contributed by atoms with Crippen molar-refractivity contribution in [1.82, 2.24) is 14.5 Å². The number of phenolic OH excluding ortho intramolecular Hbond substituents is 3. The third-order valence-corrected chi connectivity index (χ3v) is 6.97. The van der Waals surface area contributed by atoms with Crippen molar-refractivity contribution in [3.63, 3.8) is 0 Å². The standard InChI is InChI=1S/C28H24N4O6/c1-14(33)20-8-16-13-29-28(31-27(16)32(20)18-4-2-3-5-18)30-17-6-7-19-21(34)12-24(38-25(19)11-17)15-9-22(35)26(37)23(36)10-15/h6-13,18,35-37H,2-5H2,1H3,(H,29,30,31). The summed E-state index contributed by atoms with van der Waals surface area (Å²) in [4.78, 5) is 34.2. The first-order valence-corrected chi connectivity index (χ1v) is 12.3. The van der Waals surface area contributed by atoms with Gasteiger partial charge in [0.05, 0.1) is 11.1 Å². The van der Waals surface area contributed by atoms with Gasteiger partial charge in [-0.3, -0.25) is 9.59 Å². The maximum Gasteiger partial charge on any atom is 0.229 e. The number of rotatable bonds is 5. The van der Waals surface area contributed by atoms with E-state index in [0.717, 1.165) is 31.1 Å². The van der Waals surface area contributed by atoms with Crippen LogP contribution in [0.4, 0.5) is 11.6 Å². The number of hydrogen-bond acceptors (Lipinski definition) is 9. The molecule has 0 aliphatic heterocycles. The Morgan fingerprint density at radius 2 is 1.79 bits per heavy atom. The summed E-state index contributed by atoms with van der Waals surface area (Å²) in [5.41, 5.74) is 2.06. The lowest BCUT2D eigenvalue weighted by Gasteiger charge is -2.16. The lowest BCUT2D eigenvalue weighted by atomic mass is 10.1. The van der Waals surface area contributed by atoms with Gasteiger partial charge < -0.3 is 29.6 Å². The number of nitrogens with zero attached hydrogens (tertiary/aromatic N) is 3. The van der Waals surface area contributed by atoms with Crippen LogP contribution in [0.25, 0.3) is 33.3 Å². The van der Waals surface area contributed by atoms with Crippen molar-refractivity contribution in [3.05, 3.63) is 64.6 Å². The molecule has 0 bridgehead atoms. The Balaban J connectivity index is 1.39. The number of aromatic hydroxyl groups is 3. The Morgan fingerprint density at radius 1 is 1.05 bits per heavy atom. The molecular weight excluding hydrogens is 488 g/mol. The summed E-state index contributed by atoms with van der Waals surface area (Å²) in [5.74, 6) is -1.32. The zero-order valence-electron chi connectivity index (χ0n) is 20.4. The Labute approximate surface area is 215 Å². The van der Waals surface area contributed by atoms with Crippen LogP contribution < -0.4 is 10.7 Å². The lowest BCUT2D eigenvalue weighted by molar-refractivity contribution is 0.100. The van der Waals surface area contributed by atoms with Crippen molar-refractivity contribution in [2.45, 2.75) is 38.6 Å². The Bertz CT molecular complexity index is 1780. The fourth-order valence-electron chi connectivity index (χ4n) is 5.12. The smallest absolute Gasteiger partial charge is 0.229 e. The number of carbonyl (C=O) groups excluding carboxylic acids is 1. The number of Topliss-reactive ketones (excluding diaryl/α,β-unsaturated/α-hetero) is 1. The summed E-state index contributed by atoms with van der Waals surface area (Å²) in [6, 6.07) is 10.7. The highest BCUT2D eigenvalue weighted by molar-refractivity contribution is 5.98. The number of hydrogen-bond donors (Lipinski definition) is 4. The average molecular weight is 513 g/mol. The number of nitrogens with one attached hydrogen (secondary N) is 1. The summed E-state index contributed by atoms with van der Waals surface area (Å²) in [7, 11) is 0. The number of anilines is 2. The van der Waals surface area contributed by atoms with Crippen molar-refractivity contribution >= 4 is 39.4 Å². The van der Waals surface area contributed by atoms with Crippen LogP contribution >= 0.6 is 0 Å². The van der Waals surface area contributed by atoms with E-state index in [-0.39, 0.29) is 34.2 Å². The SMILES string of the molecule is CC(=O)c1cc2cnc(Nc3ccc4c(=O)cc(-c5cc(O)c(O)c(O)c5)oc4c3)nc2n1C1CCCC1. The van der Waals surface area contributed by atoms with Gasteiger partial charge in [0.2, 0.25) is 5.95 Å². The maximum atomic E-state index is 12.7. The zero-order chi connectivity index (χ0) is 26.6. The highest BCUT2D eigenvalue weighted by atomic mass is 16.3. The number of ketones is 1. The van der Waals surface area contributed by atoms with Gasteiger partial charge in [0.15, 0.2) is 28.5 Å². The van der Waals surface area contributed by atoms with E-state index < -0.39 is 17.2 Å². The molecule has 38 heavy (non-hydrogen) atoms. The van der Waals surface area contributed by atoms with Gasteiger partial charge in [0.25, 0.3) is 0 Å². The van der Waals surface area contributed by atoms with Gasteiger partial charge in [-0.15, -0.1) is 0 Å². The molecule has 1 fully saturated rings. The summed E-state index contributed by atoms with van der Waals surface area (Å²) >= 11 is 0. The van der Waals surface area contributed by atoms with E-state index in [4.69, 9.17) is 9.40 Å². The van der Waals surface area contributed by atoms with Crippen LogP contribution in [0.3, 0.4) is 0 Å². The van der Waals surface area contributed by atoms with E-state index in [1.165, 1.54) is 18.2 Å². The van der Waals surface area contributed by atoms with Gasteiger partial charge in [-0.2, -0.15) is 4.98 Å². The highest BCUT2D eigenvalue weighted by Crippen LogP contribution is 2.39. The first-order chi connectivity index (χ1) is 18.3. The second-order valence-electron chi connectivity index (χ2n) is 9.54. The van der Waals surface area contributed by atoms with E-state index in [9.17, 15) is 24.9 Å². The molecule has 0 atom stereocenters. The molecule has 0 spiro atoms. The van der Waals surface area contributed by atoms with E-state index in [1.807, 2.05) is 10.6 Å². The number of phenols is 3. The highest BCUT2D eigenvalue weighted by Gasteiger charge is 2.24. The Kier molecular flexibility index (Phi) is 5.52. The first-order valence-electron chi connectivity index (χ1n) is 12.3. The zero-order valence-corrected chi connectivity index (χ0v) is 20.4. The number of fused-ring (bicyclic) bond motifs is 2. The minimum Gasteiger partial charge on any atom is -0.504 e. The second-order valence-corrected chi connectivity index (χ2v) is 9.54. The summed E-state index contributed by atoms with van der Waals surface area (Å²) in [5, 5.41) is 33.6. The average Bonchev–Trinajstić information content (AvgIpc) is 3.54. The monoisotopic (exact) mass is 512 g/mol. The lowest BCUT2D eigenvalue weighted by Crippen LogP contribution is -2.12. The van der Waals surface area contributed by atoms with Crippen molar-refractivity contribution in [3.8, 4) is 28.6 Å². The van der Waals surface area contributed by atoms with Crippen LogP contribution in [0, 0.1) is 0 Å². The van der Waals surface area contributed by atoms with Crippen LogP contribution in [0.15, 0.2) is 57.9 Å². The van der Waals surface area contributed by atoms with Gasteiger partial charge in [-0.1, -0.05) is 12.8 Å². The van der Waals surface area contributed by atoms with E-state index in [0.29, 0.717) is 28.4 Å². The fraction of sp³-hybridized carbons (Fsp3) is 0.214. The molecule has 1 saturated carbocycles. The molecular formula is C28H24N4O6. The quantitative estimate of drug-likeness (QED) is 0.180. The molecule has 2 aromatic carbocycles. The molecule has 192 valence electrons. The van der Waals surface area contributed by atoms with Crippen LogP contribution in [0.1, 0.15) is 49.1 Å². The third-order valence-electron chi connectivity index (χ3n) is 6.97. The summed E-state index contributed by atoms with van der Waals surface area (Å²) in [6.07, 6.45) is 5.92. The van der Waals surface area contributed by atoms with Gasteiger partial charge >= 0.3 is 0 Å². The fourth-order valence-corrected chi connectivity index (χ4v) is 5.12. The molecule has 3 aromatic heterocycles. The molecule has 0 amide bonds. The summed E-state index contributed by atoms with van der Waals surface area (Å²) < 4.78 is 7.95. The number of aromatic nitrogens is 3. The van der Waals surface area contributed by atoms with Crippen molar-refractivity contribution in [1.29, 1.82) is 0 Å². The molecule has 4 N–H and O–H groups in total. The second kappa shape index (κ2) is 8.91. The number of carbonyl (C=O) groups is 1. The maximum absolute atomic E-state index is 12.7. The molecule has 10 nitrogen and oxygen atoms in total. The van der Waals surface area contributed by atoms with Crippen LogP contribution in [0.5, 0.6) is 17.2 Å². The Morgan fingerprint density at radius 3 is 2.50 bits per heavy atom. The molecule has 0 saturated heterocycles. The van der Waals surface area contributed by atoms with Crippen molar-refractivity contribution in [2.75, 3.05) is 5.32 Å². The van der Waals surface area contributed by atoms with Crippen molar-refractivity contribution in [2.24, 2.45) is 0 Å². The molecule has 0 radical (unpaired) electrons. The molecule has 10 heteroatoms.